The van der Waals surface area contributed by atoms with Crippen molar-refractivity contribution in [3.63, 3.8) is 0 Å². The molecule has 3 nitrogen and oxygen atoms in total. The smallest absolute Gasteiger partial charge is 0.261 e. The van der Waals surface area contributed by atoms with Gasteiger partial charge in [-0.25, -0.2) is 8.78 Å². The van der Waals surface area contributed by atoms with Gasteiger partial charge in [0.2, 0.25) is 0 Å². The SMILES string of the molecule is CC(C)(C)[Si](OC1CN(C(=O)c2c(F)cc(Br)cc2F)C1)(c1ccccc1)c1ccccc1. The highest BCUT2D eigenvalue weighted by molar-refractivity contribution is 9.10. The van der Waals surface area contributed by atoms with Gasteiger partial charge in [-0.1, -0.05) is 97.4 Å². The summed E-state index contributed by atoms with van der Waals surface area (Å²) in [6.45, 7) is 7.14. The van der Waals surface area contributed by atoms with Crippen molar-refractivity contribution < 1.29 is 18.0 Å². The van der Waals surface area contributed by atoms with Crippen LogP contribution < -0.4 is 10.4 Å². The monoisotopic (exact) mass is 529 g/mol. The maximum Gasteiger partial charge on any atom is 0.261 e. The normalized spacial score (nSPS) is 14.8. The maximum absolute atomic E-state index is 14.3. The molecule has 0 aliphatic carbocycles. The summed E-state index contributed by atoms with van der Waals surface area (Å²) < 4.78 is 35.8. The molecule has 1 aliphatic heterocycles. The van der Waals surface area contributed by atoms with Crippen LogP contribution in [0.15, 0.2) is 77.3 Å². The van der Waals surface area contributed by atoms with Gasteiger partial charge in [-0.15, -0.1) is 0 Å². The minimum atomic E-state index is -2.75. The van der Waals surface area contributed by atoms with Gasteiger partial charge in [-0.3, -0.25) is 4.79 Å². The van der Waals surface area contributed by atoms with E-state index in [4.69, 9.17) is 4.43 Å². The van der Waals surface area contributed by atoms with Gasteiger partial charge in [-0.05, 0) is 27.5 Å². The van der Waals surface area contributed by atoms with Gasteiger partial charge in [-0.2, -0.15) is 0 Å². The molecule has 0 unspecified atom stereocenters. The third kappa shape index (κ3) is 4.41. The molecule has 1 amide bonds. The van der Waals surface area contributed by atoms with Gasteiger partial charge >= 0.3 is 0 Å². The van der Waals surface area contributed by atoms with E-state index in [-0.39, 0.29) is 28.7 Å². The molecule has 3 aromatic rings. The summed E-state index contributed by atoms with van der Waals surface area (Å²) in [5.74, 6) is -2.40. The first-order valence-electron chi connectivity index (χ1n) is 10.9. The number of halogens is 3. The number of likely N-dealkylation sites (tertiary alicyclic amines) is 1. The van der Waals surface area contributed by atoms with Gasteiger partial charge in [0.25, 0.3) is 14.2 Å². The number of amides is 1. The van der Waals surface area contributed by atoms with Crippen LogP contribution in [-0.2, 0) is 4.43 Å². The van der Waals surface area contributed by atoms with E-state index in [1.165, 1.54) is 4.90 Å². The highest BCUT2D eigenvalue weighted by Crippen LogP contribution is 2.38. The standard InChI is InChI=1S/C26H26BrF2NO2Si/c1-26(2,3)33(20-10-6-4-7-11-20,21-12-8-5-9-13-21)32-19-16-30(17-19)25(31)24-22(28)14-18(27)15-23(24)29/h4-15,19H,16-17H2,1-3H3. The predicted octanol–water partition coefficient (Wildman–Crippen LogP) is 5.13. The molecule has 0 spiro atoms. The van der Waals surface area contributed by atoms with Crippen LogP contribution in [0.1, 0.15) is 31.1 Å². The van der Waals surface area contributed by atoms with E-state index in [0.717, 1.165) is 22.5 Å². The second-order valence-corrected chi connectivity index (χ2v) is 14.5. The van der Waals surface area contributed by atoms with Gasteiger partial charge in [0, 0.05) is 17.6 Å². The molecule has 0 bridgehead atoms. The van der Waals surface area contributed by atoms with Crippen molar-refractivity contribution in [2.75, 3.05) is 13.1 Å². The highest BCUT2D eigenvalue weighted by Gasteiger charge is 2.53. The molecule has 1 aliphatic rings. The molecule has 0 aromatic heterocycles. The fourth-order valence-electron chi connectivity index (χ4n) is 4.52. The Morgan fingerprint density at radius 1 is 0.939 bits per heavy atom. The Balaban J connectivity index is 1.63. The minimum absolute atomic E-state index is 0.190. The Morgan fingerprint density at radius 2 is 1.39 bits per heavy atom. The molecule has 1 saturated heterocycles. The summed E-state index contributed by atoms with van der Waals surface area (Å²) in [5, 5.41) is 2.11. The zero-order valence-electron chi connectivity index (χ0n) is 18.8. The summed E-state index contributed by atoms with van der Waals surface area (Å²) in [5.41, 5.74) is -0.526. The number of hydrogen-bond acceptors (Lipinski definition) is 2. The summed E-state index contributed by atoms with van der Waals surface area (Å²) >= 11 is 3.05. The Hall–Kier alpha value is -2.35. The molecule has 172 valence electrons. The Labute approximate surface area is 202 Å². The predicted molar refractivity (Wildman–Crippen MR) is 132 cm³/mol. The van der Waals surface area contributed by atoms with E-state index >= 15 is 0 Å². The van der Waals surface area contributed by atoms with Crippen LogP contribution in [-0.4, -0.2) is 38.3 Å². The molecule has 0 atom stereocenters. The number of hydrogen-bond donors (Lipinski definition) is 0. The second kappa shape index (κ2) is 9.12. The van der Waals surface area contributed by atoms with Crippen molar-refractivity contribution in [1.82, 2.24) is 4.90 Å². The van der Waals surface area contributed by atoms with Crippen LogP contribution in [0.25, 0.3) is 0 Å². The summed E-state index contributed by atoms with van der Waals surface area (Å²) in [6.07, 6.45) is -0.221. The van der Waals surface area contributed by atoms with Gasteiger partial charge in [0.05, 0.1) is 6.10 Å². The van der Waals surface area contributed by atoms with Crippen molar-refractivity contribution in [3.8, 4) is 0 Å². The quantitative estimate of drug-likeness (QED) is 0.429. The topological polar surface area (TPSA) is 29.5 Å². The third-order valence-corrected chi connectivity index (χ3v) is 11.7. The first-order valence-corrected chi connectivity index (χ1v) is 13.6. The summed E-state index contributed by atoms with van der Waals surface area (Å²) in [4.78, 5) is 14.3. The first-order chi connectivity index (χ1) is 15.6. The van der Waals surface area contributed by atoms with Gasteiger partial charge in [0.1, 0.15) is 17.2 Å². The van der Waals surface area contributed by atoms with E-state index in [2.05, 4.69) is 61.0 Å². The average Bonchev–Trinajstić information content (AvgIpc) is 2.72. The second-order valence-electron chi connectivity index (χ2n) is 9.36. The number of benzene rings is 3. The van der Waals surface area contributed by atoms with Gasteiger partial charge in [0.15, 0.2) is 0 Å². The van der Waals surface area contributed by atoms with Crippen molar-refractivity contribution in [2.24, 2.45) is 0 Å². The number of rotatable bonds is 5. The van der Waals surface area contributed by atoms with Crippen molar-refractivity contribution in [2.45, 2.75) is 31.9 Å². The van der Waals surface area contributed by atoms with Crippen LogP contribution in [0, 0.1) is 11.6 Å². The zero-order valence-corrected chi connectivity index (χ0v) is 21.4. The maximum atomic E-state index is 14.3. The fourth-order valence-corrected chi connectivity index (χ4v) is 9.59. The Bertz CT molecular complexity index is 1080. The molecule has 0 radical (unpaired) electrons. The van der Waals surface area contributed by atoms with Crippen LogP contribution in [0.4, 0.5) is 8.78 Å². The molecule has 33 heavy (non-hydrogen) atoms. The minimum Gasteiger partial charge on any atom is -0.401 e. The lowest BCUT2D eigenvalue weighted by Gasteiger charge is -2.49. The lowest BCUT2D eigenvalue weighted by Crippen LogP contribution is -2.71. The van der Waals surface area contributed by atoms with Crippen LogP contribution >= 0.6 is 15.9 Å². The van der Waals surface area contributed by atoms with E-state index in [0.29, 0.717) is 0 Å². The van der Waals surface area contributed by atoms with E-state index < -0.39 is 31.4 Å². The van der Waals surface area contributed by atoms with Crippen LogP contribution in [0.5, 0.6) is 0 Å². The van der Waals surface area contributed by atoms with E-state index in [9.17, 15) is 13.6 Å². The molecular weight excluding hydrogens is 504 g/mol. The molecular formula is C26H26BrF2NO2Si. The van der Waals surface area contributed by atoms with Crippen LogP contribution in [0.3, 0.4) is 0 Å². The molecule has 1 fully saturated rings. The van der Waals surface area contributed by atoms with Crippen molar-refractivity contribution in [1.29, 1.82) is 0 Å². The largest absolute Gasteiger partial charge is 0.401 e. The van der Waals surface area contributed by atoms with Gasteiger partial charge < -0.3 is 9.33 Å². The molecule has 3 aromatic carbocycles. The molecule has 7 heteroatoms. The number of nitrogens with zero attached hydrogens (tertiary/aromatic N) is 1. The lowest BCUT2D eigenvalue weighted by molar-refractivity contribution is 0.0129. The lowest BCUT2D eigenvalue weighted by atomic mass is 10.1. The number of carbonyl (C=O) groups is 1. The fraction of sp³-hybridized carbons (Fsp3) is 0.269. The average molecular weight is 530 g/mol. The number of carbonyl (C=O) groups excluding carboxylic acids is 1. The highest BCUT2D eigenvalue weighted by atomic mass is 79.9. The first kappa shape index (κ1) is 23.8. The zero-order chi connectivity index (χ0) is 23.8. The van der Waals surface area contributed by atoms with Crippen molar-refractivity contribution >= 4 is 40.5 Å². The molecule has 4 rings (SSSR count). The van der Waals surface area contributed by atoms with Crippen molar-refractivity contribution in [3.05, 3.63) is 94.5 Å². The van der Waals surface area contributed by atoms with E-state index in [1.807, 2.05) is 36.4 Å². The molecule has 1 heterocycles. The van der Waals surface area contributed by atoms with E-state index in [1.54, 1.807) is 0 Å². The summed E-state index contributed by atoms with van der Waals surface area (Å²) in [6, 6.07) is 22.7. The molecule has 0 N–H and O–H groups in total. The third-order valence-electron chi connectivity index (χ3n) is 6.12. The van der Waals surface area contributed by atoms with Crippen LogP contribution in [0.2, 0.25) is 5.04 Å². The summed E-state index contributed by atoms with van der Waals surface area (Å²) in [7, 11) is -2.75. The molecule has 0 saturated carbocycles. The Kier molecular flexibility index (Phi) is 6.58. The Morgan fingerprint density at radius 3 is 1.82 bits per heavy atom.